The highest BCUT2D eigenvalue weighted by atomic mass is 16.5. The number of carbonyl (C=O) groups is 1. The molecule has 16 heavy (non-hydrogen) atoms. The molecule has 1 aromatic heterocycles. The van der Waals surface area contributed by atoms with Crippen molar-refractivity contribution in [3.63, 3.8) is 0 Å². The van der Waals surface area contributed by atoms with E-state index in [1.807, 2.05) is 18.2 Å². The third-order valence-electron chi connectivity index (χ3n) is 3.10. The minimum absolute atomic E-state index is 0.621. The molecule has 0 radical (unpaired) electrons. The average molecular weight is 215 g/mol. The number of carbonyl (C=O) groups excluding carboxylic acids is 1. The molecule has 3 rings (SSSR count). The zero-order valence-electron chi connectivity index (χ0n) is 8.93. The summed E-state index contributed by atoms with van der Waals surface area (Å²) in [5, 5.41) is 1.19. The third-order valence-corrected chi connectivity index (χ3v) is 3.10. The van der Waals surface area contributed by atoms with E-state index < -0.39 is 0 Å². The fraction of sp³-hybridized carbons (Fsp3) is 0.308. The van der Waals surface area contributed by atoms with Crippen molar-refractivity contribution in [2.24, 2.45) is 5.92 Å². The number of hydrogen-bond acceptors (Lipinski definition) is 2. The zero-order valence-corrected chi connectivity index (χ0v) is 8.93. The highest BCUT2D eigenvalue weighted by Crippen LogP contribution is 2.20. The fourth-order valence-corrected chi connectivity index (χ4v) is 2.10. The molecule has 0 aliphatic carbocycles. The van der Waals surface area contributed by atoms with Gasteiger partial charge in [-0.15, -0.1) is 0 Å². The van der Waals surface area contributed by atoms with E-state index in [4.69, 9.17) is 4.74 Å². The smallest absolute Gasteiger partial charge is 0.150 e. The summed E-state index contributed by atoms with van der Waals surface area (Å²) in [4.78, 5) is 10.7. The highest BCUT2D eigenvalue weighted by Gasteiger charge is 2.19. The molecular weight excluding hydrogens is 202 g/mol. The molecule has 0 N–H and O–H groups in total. The lowest BCUT2D eigenvalue weighted by Gasteiger charge is -2.26. The number of aldehydes is 1. The summed E-state index contributed by atoms with van der Waals surface area (Å²) >= 11 is 0. The van der Waals surface area contributed by atoms with E-state index in [0.29, 0.717) is 5.92 Å². The van der Waals surface area contributed by atoms with Crippen molar-refractivity contribution in [3.8, 4) is 0 Å². The van der Waals surface area contributed by atoms with Gasteiger partial charge in [-0.05, 0) is 17.5 Å². The molecule has 2 aromatic rings. The van der Waals surface area contributed by atoms with Gasteiger partial charge in [-0.25, -0.2) is 0 Å². The molecule has 0 bridgehead atoms. The first-order valence-electron chi connectivity index (χ1n) is 5.48. The lowest BCUT2D eigenvalue weighted by molar-refractivity contribution is -0.0388. The molecule has 1 saturated heterocycles. The minimum Gasteiger partial charge on any atom is -0.381 e. The highest BCUT2D eigenvalue weighted by molar-refractivity contribution is 5.87. The number of aromatic nitrogens is 1. The van der Waals surface area contributed by atoms with Crippen LogP contribution in [0.2, 0.25) is 0 Å². The predicted octanol–water partition coefficient (Wildman–Crippen LogP) is 2.10. The molecule has 0 unspecified atom stereocenters. The van der Waals surface area contributed by atoms with Crippen molar-refractivity contribution in [2.45, 2.75) is 6.54 Å². The van der Waals surface area contributed by atoms with E-state index in [0.717, 1.165) is 37.1 Å². The number of rotatable bonds is 3. The second-order valence-electron chi connectivity index (χ2n) is 4.31. The van der Waals surface area contributed by atoms with E-state index in [1.54, 1.807) is 0 Å². The van der Waals surface area contributed by atoms with Gasteiger partial charge in [0.05, 0.1) is 13.2 Å². The van der Waals surface area contributed by atoms with E-state index in [-0.39, 0.29) is 0 Å². The Hall–Kier alpha value is -1.61. The van der Waals surface area contributed by atoms with Crippen molar-refractivity contribution in [1.82, 2.24) is 4.57 Å². The fourth-order valence-electron chi connectivity index (χ4n) is 2.10. The number of ether oxygens (including phenoxy) is 1. The second-order valence-corrected chi connectivity index (χ2v) is 4.31. The molecular formula is C13H13NO2. The number of nitrogens with zero attached hydrogens (tertiary/aromatic N) is 1. The molecule has 82 valence electrons. The molecule has 1 aliphatic rings. The molecule has 1 aliphatic heterocycles. The molecule has 3 heteroatoms. The van der Waals surface area contributed by atoms with Gasteiger partial charge in [0.2, 0.25) is 0 Å². The molecule has 3 nitrogen and oxygen atoms in total. The van der Waals surface area contributed by atoms with Gasteiger partial charge in [0.25, 0.3) is 0 Å². The first kappa shape index (κ1) is 9.60. The van der Waals surface area contributed by atoms with Crippen LogP contribution >= 0.6 is 0 Å². The van der Waals surface area contributed by atoms with Crippen LogP contribution in [-0.2, 0) is 11.3 Å². The Bertz CT molecular complexity index is 526. The molecule has 0 amide bonds. The summed E-state index contributed by atoms with van der Waals surface area (Å²) in [6.45, 7) is 2.69. The largest absolute Gasteiger partial charge is 0.381 e. The topological polar surface area (TPSA) is 31.2 Å². The van der Waals surface area contributed by atoms with Gasteiger partial charge in [0.15, 0.2) is 0 Å². The Kier molecular flexibility index (Phi) is 2.26. The van der Waals surface area contributed by atoms with Crippen LogP contribution in [0, 0.1) is 5.92 Å². The van der Waals surface area contributed by atoms with E-state index >= 15 is 0 Å². The first-order chi connectivity index (χ1) is 7.86. The first-order valence-corrected chi connectivity index (χ1v) is 5.48. The van der Waals surface area contributed by atoms with Gasteiger partial charge in [-0.3, -0.25) is 4.79 Å². The monoisotopic (exact) mass is 215 g/mol. The summed E-state index contributed by atoms with van der Waals surface area (Å²) < 4.78 is 7.37. The summed E-state index contributed by atoms with van der Waals surface area (Å²) in [5.74, 6) is 0.621. The maximum absolute atomic E-state index is 10.7. The van der Waals surface area contributed by atoms with Crippen molar-refractivity contribution in [3.05, 3.63) is 36.0 Å². The Morgan fingerprint density at radius 2 is 2.25 bits per heavy atom. The van der Waals surface area contributed by atoms with Crippen LogP contribution in [0.5, 0.6) is 0 Å². The summed E-state index contributed by atoms with van der Waals surface area (Å²) in [6, 6.07) is 7.88. The van der Waals surface area contributed by atoms with Gasteiger partial charge in [-0.1, -0.05) is 12.1 Å². The summed E-state index contributed by atoms with van der Waals surface area (Å²) in [6.07, 6.45) is 2.97. The quantitative estimate of drug-likeness (QED) is 0.734. The number of fused-ring (bicyclic) bond motifs is 1. The van der Waals surface area contributed by atoms with Gasteiger partial charge < -0.3 is 9.30 Å². The molecule has 0 spiro atoms. The second kappa shape index (κ2) is 3.76. The van der Waals surface area contributed by atoms with Crippen LogP contribution in [0.3, 0.4) is 0 Å². The molecule has 0 atom stereocenters. The Morgan fingerprint density at radius 3 is 2.94 bits per heavy atom. The normalized spacial score (nSPS) is 16.2. The molecule has 0 saturated carbocycles. The Morgan fingerprint density at radius 1 is 1.38 bits per heavy atom. The van der Waals surface area contributed by atoms with Crippen LogP contribution in [0.25, 0.3) is 10.9 Å². The van der Waals surface area contributed by atoms with Gasteiger partial charge >= 0.3 is 0 Å². The van der Waals surface area contributed by atoms with E-state index in [2.05, 4.69) is 16.8 Å². The van der Waals surface area contributed by atoms with Crippen LogP contribution in [0.4, 0.5) is 0 Å². The number of hydrogen-bond donors (Lipinski definition) is 0. The maximum Gasteiger partial charge on any atom is 0.150 e. The van der Waals surface area contributed by atoms with Crippen molar-refractivity contribution >= 4 is 17.2 Å². The predicted molar refractivity (Wildman–Crippen MR) is 61.6 cm³/mol. The third kappa shape index (κ3) is 1.53. The Labute approximate surface area is 93.6 Å². The Balaban J connectivity index is 1.99. The van der Waals surface area contributed by atoms with Gasteiger partial charge in [0, 0.05) is 29.7 Å². The minimum atomic E-state index is 0.621. The van der Waals surface area contributed by atoms with Gasteiger partial charge in [0.1, 0.15) is 6.29 Å². The average Bonchev–Trinajstić information content (AvgIpc) is 2.65. The van der Waals surface area contributed by atoms with Crippen LogP contribution in [-0.4, -0.2) is 24.1 Å². The van der Waals surface area contributed by atoms with Crippen LogP contribution in [0.15, 0.2) is 30.5 Å². The molecule has 1 aromatic carbocycles. The summed E-state index contributed by atoms with van der Waals surface area (Å²) in [7, 11) is 0. The zero-order chi connectivity index (χ0) is 11.0. The molecule has 2 heterocycles. The summed E-state index contributed by atoms with van der Waals surface area (Å²) in [5.41, 5.74) is 1.87. The van der Waals surface area contributed by atoms with Crippen molar-refractivity contribution in [1.29, 1.82) is 0 Å². The van der Waals surface area contributed by atoms with Crippen molar-refractivity contribution in [2.75, 3.05) is 13.2 Å². The maximum atomic E-state index is 10.7. The van der Waals surface area contributed by atoms with E-state index in [1.165, 1.54) is 5.39 Å². The van der Waals surface area contributed by atoms with Crippen LogP contribution in [0.1, 0.15) is 10.4 Å². The molecule has 1 fully saturated rings. The van der Waals surface area contributed by atoms with E-state index in [9.17, 15) is 4.79 Å². The standard InChI is InChI=1S/C13H13NO2/c15-7-10-1-2-12-3-4-14(13(12)5-10)6-11-8-16-9-11/h1-5,7,11H,6,8-9H2. The van der Waals surface area contributed by atoms with Gasteiger partial charge in [-0.2, -0.15) is 0 Å². The number of benzene rings is 1. The lowest BCUT2D eigenvalue weighted by Crippen LogP contribution is -2.31. The SMILES string of the molecule is O=Cc1ccc2ccn(CC3COC3)c2c1. The van der Waals surface area contributed by atoms with Crippen LogP contribution < -0.4 is 0 Å². The lowest BCUT2D eigenvalue weighted by atomic mass is 10.1. The van der Waals surface area contributed by atoms with Crippen molar-refractivity contribution < 1.29 is 9.53 Å².